The first-order chi connectivity index (χ1) is 9.56. The molecule has 5 heteroatoms. The molecular formula is C15H9BrF2O2. The zero-order valence-electron chi connectivity index (χ0n) is 10.1. The number of furan rings is 1. The number of hydrogen-bond acceptors (Lipinski definition) is 2. The third-order valence-electron chi connectivity index (χ3n) is 3.04. The lowest BCUT2D eigenvalue weighted by molar-refractivity contribution is 0.191. The highest BCUT2D eigenvalue weighted by atomic mass is 79.9. The van der Waals surface area contributed by atoms with Crippen molar-refractivity contribution in [2.75, 3.05) is 0 Å². The lowest BCUT2D eigenvalue weighted by Gasteiger charge is -2.10. The standard InChI is InChI=1S/C15H9BrF2O2/c16-14-10(2-1-3-11(14)18)15(19)13-7-8-6-9(17)4-5-12(8)20-13/h1-7,15,19H. The van der Waals surface area contributed by atoms with Gasteiger partial charge in [-0.25, -0.2) is 8.78 Å². The minimum atomic E-state index is -1.13. The smallest absolute Gasteiger partial charge is 0.138 e. The largest absolute Gasteiger partial charge is 0.458 e. The van der Waals surface area contributed by atoms with Crippen molar-refractivity contribution in [2.24, 2.45) is 0 Å². The highest BCUT2D eigenvalue weighted by molar-refractivity contribution is 9.10. The molecule has 0 amide bonds. The van der Waals surface area contributed by atoms with Gasteiger partial charge in [0, 0.05) is 10.9 Å². The summed E-state index contributed by atoms with van der Waals surface area (Å²) in [5, 5.41) is 10.8. The summed E-state index contributed by atoms with van der Waals surface area (Å²) < 4.78 is 32.3. The number of halogens is 3. The van der Waals surface area contributed by atoms with E-state index in [0.29, 0.717) is 16.5 Å². The van der Waals surface area contributed by atoms with Crippen LogP contribution in [0.15, 0.2) is 51.4 Å². The quantitative estimate of drug-likeness (QED) is 0.743. The van der Waals surface area contributed by atoms with Crippen LogP contribution in [0, 0.1) is 11.6 Å². The van der Waals surface area contributed by atoms with Crippen molar-refractivity contribution in [3.05, 3.63) is 69.9 Å². The first kappa shape index (κ1) is 13.3. The SMILES string of the molecule is OC(c1cc2cc(F)ccc2o1)c1cccc(F)c1Br. The zero-order chi connectivity index (χ0) is 14.3. The molecule has 1 atom stereocenters. The third kappa shape index (κ3) is 2.23. The van der Waals surface area contributed by atoms with Crippen LogP contribution in [0.2, 0.25) is 0 Å². The van der Waals surface area contributed by atoms with Crippen molar-refractivity contribution in [3.8, 4) is 0 Å². The van der Waals surface area contributed by atoms with E-state index in [9.17, 15) is 13.9 Å². The Balaban J connectivity index is 2.08. The second-order valence-electron chi connectivity index (χ2n) is 4.38. The lowest BCUT2D eigenvalue weighted by Crippen LogP contribution is -2.00. The molecule has 0 fully saturated rings. The minimum Gasteiger partial charge on any atom is -0.458 e. The number of rotatable bonds is 2. The highest BCUT2D eigenvalue weighted by Crippen LogP contribution is 2.33. The van der Waals surface area contributed by atoms with Gasteiger partial charge in [-0.05, 0) is 46.3 Å². The van der Waals surface area contributed by atoms with E-state index in [1.54, 1.807) is 12.1 Å². The Labute approximate surface area is 121 Å². The van der Waals surface area contributed by atoms with Crippen LogP contribution in [0.1, 0.15) is 17.4 Å². The molecule has 0 aliphatic carbocycles. The number of aliphatic hydroxyl groups excluding tert-OH is 1. The molecule has 0 aliphatic rings. The highest BCUT2D eigenvalue weighted by Gasteiger charge is 2.19. The summed E-state index contributed by atoms with van der Waals surface area (Å²) in [5.41, 5.74) is 0.817. The van der Waals surface area contributed by atoms with E-state index >= 15 is 0 Å². The van der Waals surface area contributed by atoms with Crippen LogP contribution in [0.4, 0.5) is 8.78 Å². The van der Waals surface area contributed by atoms with Crippen LogP contribution >= 0.6 is 15.9 Å². The van der Waals surface area contributed by atoms with Crippen molar-refractivity contribution < 1.29 is 18.3 Å². The molecule has 0 saturated heterocycles. The van der Waals surface area contributed by atoms with Gasteiger partial charge in [-0.1, -0.05) is 12.1 Å². The first-order valence-electron chi connectivity index (χ1n) is 5.87. The molecule has 20 heavy (non-hydrogen) atoms. The summed E-state index contributed by atoms with van der Waals surface area (Å²) >= 11 is 3.10. The molecule has 0 spiro atoms. The van der Waals surface area contributed by atoms with Gasteiger partial charge >= 0.3 is 0 Å². The maximum atomic E-state index is 13.5. The second kappa shape index (κ2) is 5.00. The predicted octanol–water partition coefficient (Wildman–Crippen LogP) is 4.56. The number of benzene rings is 2. The van der Waals surface area contributed by atoms with Crippen molar-refractivity contribution in [3.63, 3.8) is 0 Å². The van der Waals surface area contributed by atoms with Gasteiger partial charge in [-0.2, -0.15) is 0 Å². The molecule has 0 aliphatic heterocycles. The monoisotopic (exact) mass is 338 g/mol. The van der Waals surface area contributed by atoms with Crippen molar-refractivity contribution in [1.29, 1.82) is 0 Å². The van der Waals surface area contributed by atoms with Gasteiger partial charge in [0.25, 0.3) is 0 Å². The Morgan fingerprint density at radius 3 is 2.70 bits per heavy atom. The second-order valence-corrected chi connectivity index (χ2v) is 5.17. The average Bonchev–Trinajstić information content (AvgIpc) is 2.84. The van der Waals surface area contributed by atoms with Crippen LogP contribution < -0.4 is 0 Å². The molecule has 2 aromatic carbocycles. The number of hydrogen-bond donors (Lipinski definition) is 1. The van der Waals surface area contributed by atoms with E-state index in [1.807, 2.05) is 0 Å². The van der Waals surface area contributed by atoms with Gasteiger partial charge in [0.2, 0.25) is 0 Å². The summed E-state index contributed by atoms with van der Waals surface area (Å²) in [6, 6.07) is 10.00. The summed E-state index contributed by atoms with van der Waals surface area (Å²) in [5.74, 6) is -0.619. The fraction of sp³-hybridized carbons (Fsp3) is 0.0667. The molecule has 3 aromatic rings. The molecule has 1 N–H and O–H groups in total. The molecular weight excluding hydrogens is 330 g/mol. The number of fused-ring (bicyclic) bond motifs is 1. The Hall–Kier alpha value is -1.72. The first-order valence-corrected chi connectivity index (χ1v) is 6.66. The van der Waals surface area contributed by atoms with Crippen molar-refractivity contribution in [1.82, 2.24) is 0 Å². The van der Waals surface area contributed by atoms with Gasteiger partial charge in [-0.15, -0.1) is 0 Å². The van der Waals surface area contributed by atoms with Gasteiger partial charge < -0.3 is 9.52 Å². The van der Waals surface area contributed by atoms with E-state index in [4.69, 9.17) is 4.42 Å². The Morgan fingerprint density at radius 2 is 1.90 bits per heavy atom. The fourth-order valence-electron chi connectivity index (χ4n) is 2.05. The van der Waals surface area contributed by atoms with E-state index in [0.717, 1.165) is 0 Å². The summed E-state index contributed by atoms with van der Waals surface area (Å²) in [6.07, 6.45) is -1.13. The van der Waals surface area contributed by atoms with Crippen LogP contribution in [-0.4, -0.2) is 5.11 Å². The molecule has 1 heterocycles. The van der Waals surface area contributed by atoms with E-state index in [2.05, 4.69) is 15.9 Å². The maximum absolute atomic E-state index is 13.5. The minimum absolute atomic E-state index is 0.180. The predicted molar refractivity (Wildman–Crippen MR) is 74.3 cm³/mol. The summed E-state index contributed by atoms with van der Waals surface area (Å²) in [7, 11) is 0. The zero-order valence-corrected chi connectivity index (χ0v) is 11.7. The third-order valence-corrected chi connectivity index (χ3v) is 3.88. The average molecular weight is 339 g/mol. The van der Waals surface area contributed by atoms with Crippen LogP contribution in [0.5, 0.6) is 0 Å². The van der Waals surface area contributed by atoms with Crippen LogP contribution in [0.3, 0.4) is 0 Å². The lowest BCUT2D eigenvalue weighted by atomic mass is 10.1. The normalized spacial score (nSPS) is 12.8. The van der Waals surface area contributed by atoms with Crippen molar-refractivity contribution in [2.45, 2.75) is 6.10 Å². The molecule has 0 bridgehead atoms. The maximum Gasteiger partial charge on any atom is 0.138 e. The summed E-state index contributed by atoms with van der Waals surface area (Å²) in [4.78, 5) is 0. The van der Waals surface area contributed by atoms with Gasteiger partial charge in [0.1, 0.15) is 29.1 Å². The molecule has 102 valence electrons. The van der Waals surface area contributed by atoms with E-state index in [-0.39, 0.29) is 16.1 Å². The molecule has 1 aromatic heterocycles. The Morgan fingerprint density at radius 1 is 1.10 bits per heavy atom. The molecule has 3 rings (SSSR count). The molecule has 1 unspecified atom stereocenters. The molecule has 0 radical (unpaired) electrons. The van der Waals surface area contributed by atoms with Gasteiger partial charge in [0.15, 0.2) is 0 Å². The van der Waals surface area contributed by atoms with E-state index < -0.39 is 11.9 Å². The fourth-order valence-corrected chi connectivity index (χ4v) is 2.54. The summed E-state index contributed by atoms with van der Waals surface area (Å²) in [6.45, 7) is 0. The number of aliphatic hydroxyl groups is 1. The topological polar surface area (TPSA) is 33.4 Å². The van der Waals surface area contributed by atoms with Crippen LogP contribution in [-0.2, 0) is 0 Å². The van der Waals surface area contributed by atoms with Crippen LogP contribution in [0.25, 0.3) is 11.0 Å². The Kier molecular flexibility index (Phi) is 3.31. The molecule has 2 nitrogen and oxygen atoms in total. The Bertz CT molecular complexity index is 783. The molecule has 0 saturated carbocycles. The van der Waals surface area contributed by atoms with E-state index in [1.165, 1.54) is 30.3 Å². The van der Waals surface area contributed by atoms with Gasteiger partial charge in [-0.3, -0.25) is 0 Å². The van der Waals surface area contributed by atoms with Crippen molar-refractivity contribution >= 4 is 26.9 Å². The van der Waals surface area contributed by atoms with Gasteiger partial charge in [0.05, 0.1) is 4.47 Å².